The van der Waals surface area contributed by atoms with Gasteiger partial charge < -0.3 is 4.90 Å². The molecule has 0 heterocycles. The maximum absolute atomic E-state index is 13.1. The first-order valence-corrected chi connectivity index (χ1v) is 6.04. The fourth-order valence-corrected chi connectivity index (χ4v) is 1.92. The largest absolute Gasteiger partial charge is 0.339 e. The zero-order valence-electron chi connectivity index (χ0n) is 11.2. The Hall–Kier alpha value is -1.45. The minimum atomic E-state index is -0.733. The van der Waals surface area contributed by atoms with E-state index < -0.39 is 11.6 Å². The van der Waals surface area contributed by atoms with E-state index in [1.807, 2.05) is 6.92 Å². The monoisotopic (exact) mass is 255 g/mol. The topological polar surface area (TPSA) is 20.3 Å². The van der Waals surface area contributed by atoms with Gasteiger partial charge in [0, 0.05) is 24.7 Å². The van der Waals surface area contributed by atoms with Crippen LogP contribution in [0, 0.1) is 17.6 Å². The van der Waals surface area contributed by atoms with Gasteiger partial charge in [-0.1, -0.05) is 13.8 Å². The second-order valence-electron chi connectivity index (χ2n) is 5.05. The number of amides is 1. The lowest BCUT2D eigenvalue weighted by atomic mass is 10.0. The number of halogens is 2. The second kappa shape index (κ2) is 5.94. The van der Waals surface area contributed by atoms with Crippen LogP contribution < -0.4 is 0 Å². The van der Waals surface area contributed by atoms with Crippen LogP contribution in [0.2, 0.25) is 0 Å². The van der Waals surface area contributed by atoms with Crippen LogP contribution in [0.4, 0.5) is 8.78 Å². The van der Waals surface area contributed by atoms with Crippen molar-refractivity contribution in [3.63, 3.8) is 0 Å². The highest BCUT2D eigenvalue weighted by Gasteiger charge is 2.19. The molecule has 0 fully saturated rings. The Bertz CT molecular complexity index is 412. The molecular weight excluding hydrogens is 236 g/mol. The molecule has 18 heavy (non-hydrogen) atoms. The van der Waals surface area contributed by atoms with Crippen LogP contribution in [0.5, 0.6) is 0 Å². The molecule has 0 aliphatic rings. The van der Waals surface area contributed by atoms with Crippen molar-refractivity contribution in [2.24, 2.45) is 5.92 Å². The van der Waals surface area contributed by atoms with Crippen molar-refractivity contribution < 1.29 is 13.6 Å². The maximum atomic E-state index is 13.1. The molecular formula is C14H19F2NO. The van der Waals surface area contributed by atoms with Gasteiger partial charge in [-0.15, -0.1) is 0 Å². The molecule has 1 aromatic carbocycles. The van der Waals surface area contributed by atoms with Crippen molar-refractivity contribution in [1.82, 2.24) is 4.90 Å². The van der Waals surface area contributed by atoms with Crippen LogP contribution in [-0.4, -0.2) is 23.9 Å². The Morgan fingerprint density at radius 3 is 2.11 bits per heavy atom. The average Bonchev–Trinajstić information content (AvgIpc) is 2.24. The minimum Gasteiger partial charge on any atom is -0.339 e. The van der Waals surface area contributed by atoms with E-state index in [0.717, 1.165) is 24.6 Å². The first kappa shape index (κ1) is 14.6. The van der Waals surface area contributed by atoms with Crippen LogP contribution in [0.15, 0.2) is 18.2 Å². The van der Waals surface area contributed by atoms with Crippen molar-refractivity contribution in [1.29, 1.82) is 0 Å². The molecule has 0 aliphatic heterocycles. The van der Waals surface area contributed by atoms with Gasteiger partial charge in [-0.3, -0.25) is 4.79 Å². The van der Waals surface area contributed by atoms with Gasteiger partial charge in [0.2, 0.25) is 0 Å². The second-order valence-corrected chi connectivity index (χ2v) is 5.05. The third kappa shape index (κ3) is 3.79. The van der Waals surface area contributed by atoms with Gasteiger partial charge in [0.1, 0.15) is 11.6 Å². The van der Waals surface area contributed by atoms with Crippen molar-refractivity contribution >= 4 is 5.91 Å². The minimum absolute atomic E-state index is 0.0313. The molecule has 0 saturated heterocycles. The number of rotatable bonds is 4. The third-order valence-electron chi connectivity index (χ3n) is 2.90. The number of carbonyl (C=O) groups excluding carboxylic acids is 1. The highest BCUT2D eigenvalue weighted by molar-refractivity contribution is 5.94. The number of benzene rings is 1. The van der Waals surface area contributed by atoms with Crippen LogP contribution in [0.25, 0.3) is 0 Å². The Morgan fingerprint density at radius 1 is 1.17 bits per heavy atom. The van der Waals surface area contributed by atoms with E-state index >= 15 is 0 Å². The lowest BCUT2D eigenvalue weighted by Crippen LogP contribution is -2.36. The van der Waals surface area contributed by atoms with Crippen LogP contribution in [-0.2, 0) is 0 Å². The molecule has 1 rings (SSSR count). The Kier molecular flexibility index (Phi) is 4.82. The normalized spacial score (nSPS) is 12.6. The molecule has 1 unspecified atom stereocenters. The summed E-state index contributed by atoms with van der Waals surface area (Å²) in [6.07, 6.45) is 0.847. The van der Waals surface area contributed by atoms with E-state index in [2.05, 4.69) is 13.8 Å². The van der Waals surface area contributed by atoms with E-state index in [9.17, 15) is 13.6 Å². The Morgan fingerprint density at radius 2 is 1.67 bits per heavy atom. The highest BCUT2D eigenvalue weighted by atomic mass is 19.1. The van der Waals surface area contributed by atoms with Gasteiger partial charge >= 0.3 is 0 Å². The molecule has 0 bridgehead atoms. The molecule has 4 heteroatoms. The number of hydrogen-bond donors (Lipinski definition) is 0. The molecule has 0 saturated carbocycles. The van der Waals surface area contributed by atoms with Crippen molar-refractivity contribution in [2.45, 2.75) is 33.2 Å². The summed E-state index contributed by atoms with van der Waals surface area (Å²) in [5.41, 5.74) is 0.0469. The molecule has 1 atom stereocenters. The maximum Gasteiger partial charge on any atom is 0.254 e. The summed E-state index contributed by atoms with van der Waals surface area (Å²) in [5, 5.41) is 0. The molecule has 1 aromatic rings. The summed E-state index contributed by atoms with van der Waals surface area (Å²) in [4.78, 5) is 13.6. The van der Waals surface area contributed by atoms with Gasteiger partial charge in [-0.2, -0.15) is 0 Å². The number of hydrogen-bond acceptors (Lipinski definition) is 1. The SMILES string of the molecule is CC(C)CC(C)N(C)C(=O)c1cc(F)cc(F)c1. The van der Waals surface area contributed by atoms with Gasteiger partial charge in [0.25, 0.3) is 5.91 Å². The van der Waals surface area contributed by atoms with E-state index in [1.165, 1.54) is 4.90 Å². The summed E-state index contributed by atoms with van der Waals surface area (Å²) in [6.45, 7) is 6.06. The fourth-order valence-electron chi connectivity index (χ4n) is 1.92. The van der Waals surface area contributed by atoms with E-state index in [4.69, 9.17) is 0 Å². The number of nitrogens with zero attached hydrogens (tertiary/aromatic N) is 1. The highest BCUT2D eigenvalue weighted by Crippen LogP contribution is 2.15. The van der Waals surface area contributed by atoms with Crippen molar-refractivity contribution in [3.05, 3.63) is 35.4 Å². The Labute approximate surface area is 107 Å². The smallest absolute Gasteiger partial charge is 0.254 e. The van der Waals surface area contributed by atoms with Crippen molar-refractivity contribution in [3.8, 4) is 0 Å². The molecule has 0 N–H and O–H groups in total. The number of carbonyl (C=O) groups is 1. The lowest BCUT2D eigenvalue weighted by Gasteiger charge is -2.26. The van der Waals surface area contributed by atoms with Gasteiger partial charge in [0.15, 0.2) is 0 Å². The summed E-state index contributed by atoms with van der Waals surface area (Å²) in [7, 11) is 1.65. The fraction of sp³-hybridized carbons (Fsp3) is 0.500. The zero-order valence-corrected chi connectivity index (χ0v) is 11.2. The summed E-state index contributed by atoms with van der Waals surface area (Å²) in [5.74, 6) is -1.37. The van der Waals surface area contributed by atoms with Crippen LogP contribution >= 0.6 is 0 Å². The van der Waals surface area contributed by atoms with E-state index in [1.54, 1.807) is 7.05 Å². The average molecular weight is 255 g/mol. The molecule has 0 aromatic heterocycles. The molecule has 1 amide bonds. The first-order chi connectivity index (χ1) is 8.31. The van der Waals surface area contributed by atoms with E-state index in [-0.39, 0.29) is 17.5 Å². The quantitative estimate of drug-likeness (QED) is 0.806. The van der Waals surface area contributed by atoms with Crippen LogP contribution in [0.1, 0.15) is 37.6 Å². The van der Waals surface area contributed by atoms with Gasteiger partial charge in [0.05, 0.1) is 0 Å². The van der Waals surface area contributed by atoms with Crippen molar-refractivity contribution in [2.75, 3.05) is 7.05 Å². The molecule has 0 spiro atoms. The zero-order chi connectivity index (χ0) is 13.9. The predicted molar refractivity (Wildman–Crippen MR) is 67.4 cm³/mol. The lowest BCUT2D eigenvalue weighted by molar-refractivity contribution is 0.0727. The van der Waals surface area contributed by atoms with E-state index in [0.29, 0.717) is 5.92 Å². The van der Waals surface area contributed by atoms with Crippen LogP contribution in [0.3, 0.4) is 0 Å². The molecule has 0 aliphatic carbocycles. The molecule has 100 valence electrons. The van der Waals surface area contributed by atoms with Gasteiger partial charge in [-0.25, -0.2) is 8.78 Å². The molecule has 2 nitrogen and oxygen atoms in total. The first-order valence-electron chi connectivity index (χ1n) is 6.04. The van der Waals surface area contributed by atoms with Gasteiger partial charge in [-0.05, 0) is 31.4 Å². The summed E-state index contributed by atoms with van der Waals surface area (Å²) >= 11 is 0. The molecule has 0 radical (unpaired) electrons. The summed E-state index contributed by atoms with van der Waals surface area (Å²) < 4.78 is 26.1. The standard InChI is InChI=1S/C14H19F2NO/c1-9(2)5-10(3)17(4)14(18)11-6-12(15)8-13(16)7-11/h6-10H,5H2,1-4H3. The Balaban J connectivity index is 2.86. The predicted octanol–water partition coefficient (Wildman–Crippen LogP) is 3.47. The summed E-state index contributed by atoms with van der Waals surface area (Å²) in [6, 6.07) is 2.91. The third-order valence-corrected chi connectivity index (χ3v) is 2.90.